The predicted molar refractivity (Wildman–Crippen MR) is 247 cm³/mol. The molecule has 5 aliphatic heterocycles. The summed E-state index contributed by atoms with van der Waals surface area (Å²) < 4.78 is 6.04. The van der Waals surface area contributed by atoms with Crippen molar-refractivity contribution in [2.75, 3.05) is 79.1 Å². The molecule has 0 saturated carbocycles. The molecule has 62 heavy (non-hydrogen) atoms. The third-order valence-electron chi connectivity index (χ3n) is 15.1. The Morgan fingerprint density at radius 1 is 0.661 bits per heavy atom. The Morgan fingerprint density at radius 3 is 1.74 bits per heavy atom. The standard InChI is InChI=1S/C50H83N7O5/c1-36(2)31-42-46(58)57(30-21-51-42)45(49(61)55-27-19-50(20-28-55)17-25-53(7)26-18-50)34-39(6)14-13-38(5)33-43-47(59)56(29-22-52-43)44(32-37(3)4)48(60)54-23-15-40(16-24-54)35-62-41-11-9-8-10-12-41/h8-12,36-40,42-45,51-52H,13-35H2,1-7H3/t38?,39?,42-,43-,44-,45-/m0/s1. The zero-order valence-corrected chi connectivity index (χ0v) is 39.6. The van der Waals surface area contributed by atoms with Crippen molar-refractivity contribution in [3.05, 3.63) is 30.3 Å². The maximum Gasteiger partial charge on any atom is 0.245 e. The van der Waals surface area contributed by atoms with E-state index >= 15 is 0 Å². The fourth-order valence-electron chi connectivity index (χ4n) is 11.0. The maximum absolute atomic E-state index is 14.6. The van der Waals surface area contributed by atoms with E-state index in [1.165, 1.54) is 12.8 Å². The largest absolute Gasteiger partial charge is 0.493 e. The van der Waals surface area contributed by atoms with E-state index in [2.05, 4.69) is 69.0 Å². The van der Waals surface area contributed by atoms with Crippen molar-refractivity contribution in [1.29, 1.82) is 0 Å². The molecule has 6 atom stereocenters. The molecule has 348 valence electrons. The quantitative estimate of drug-likeness (QED) is 0.188. The minimum Gasteiger partial charge on any atom is -0.493 e. The fraction of sp³-hybridized carbons (Fsp3) is 0.800. The number of hydrogen-bond donors (Lipinski definition) is 2. The van der Waals surface area contributed by atoms with Gasteiger partial charge in [-0.3, -0.25) is 19.2 Å². The first kappa shape index (κ1) is 48.2. The minimum absolute atomic E-state index is 0.0451. The first-order valence-electron chi connectivity index (χ1n) is 24.7. The van der Waals surface area contributed by atoms with Crippen LogP contribution in [-0.2, 0) is 19.2 Å². The Hall–Kier alpha value is -3.22. The average Bonchev–Trinajstić information content (AvgIpc) is 3.26. The normalized spacial score (nSPS) is 25.0. The van der Waals surface area contributed by atoms with Gasteiger partial charge in [-0.1, -0.05) is 72.6 Å². The third-order valence-corrected chi connectivity index (χ3v) is 15.1. The highest BCUT2D eigenvalue weighted by Gasteiger charge is 2.43. The van der Waals surface area contributed by atoms with E-state index in [1.807, 2.05) is 45.0 Å². The number of hydrogen-bond acceptors (Lipinski definition) is 8. The van der Waals surface area contributed by atoms with Crippen LogP contribution in [0.5, 0.6) is 5.75 Å². The zero-order chi connectivity index (χ0) is 44.4. The Morgan fingerprint density at radius 2 is 1.18 bits per heavy atom. The third kappa shape index (κ3) is 13.0. The molecule has 12 heteroatoms. The molecule has 4 amide bonds. The van der Waals surface area contributed by atoms with Gasteiger partial charge in [-0.25, -0.2) is 0 Å². The van der Waals surface area contributed by atoms with E-state index in [1.54, 1.807) is 0 Å². The zero-order valence-electron chi connectivity index (χ0n) is 39.6. The second-order valence-corrected chi connectivity index (χ2v) is 21.1. The Balaban J connectivity index is 1.02. The number of carbonyl (C=O) groups is 4. The summed E-state index contributed by atoms with van der Waals surface area (Å²) in [6, 6.07) is 8.45. The molecular weight excluding hydrogens is 779 g/mol. The molecule has 0 bridgehead atoms. The topological polar surface area (TPSA) is 118 Å². The molecule has 5 heterocycles. The van der Waals surface area contributed by atoms with Crippen LogP contribution in [0.3, 0.4) is 0 Å². The van der Waals surface area contributed by atoms with Crippen LogP contribution in [0.2, 0.25) is 0 Å². The van der Waals surface area contributed by atoms with Crippen molar-refractivity contribution >= 4 is 23.6 Å². The summed E-state index contributed by atoms with van der Waals surface area (Å²) in [5.41, 5.74) is 0.350. The summed E-state index contributed by atoms with van der Waals surface area (Å²) in [4.78, 5) is 67.4. The van der Waals surface area contributed by atoms with Crippen LogP contribution in [-0.4, -0.2) is 151 Å². The number of likely N-dealkylation sites (tertiary alicyclic amines) is 3. The summed E-state index contributed by atoms with van der Waals surface area (Å²) in [5.74, 6) is 2.79. The molecule has 0 radical (unpaired) electrons. The van der Waals surface area contributed by atoms with Crippen LogP contribution >= 0.6 is 0 Å². The molecule has 2 N–H and O–H groups in total. The first-order chi connectivity index (χ1) is 29.7. The highest BCUT2D eigenvalue weighted by molar-refractivity contribution is 5.91. The second-order valence-electron chi connectivity index (χ2n) is 21.1. The van der Waals surface area contributed by atoms with Gasteiger partial charge in [0.15, 0.2) is 0 Å². The van der Waals surface area contributed by atoms with Crippen LogP contribution in [0.1, 0.15) is 119 Å². The average molecular weight is 862 g/mol. The van der Waals surface area contributed by atoms with E-state index < -0.39 is 12.1 Å². The van der Waals surface area contributed by atoms with Crippen LogP contribution in [0.15, 0.2) is 30.3 Å². The SMILES string of the molecule is CC(C)C[C@@H]1NCCN([C@@H](CC(C)CCC(C)C[C@@H]2NCCN([C@@H](CC(C)C)C(=O)N3CCC(COc4ccccc4)CC3)C2=O)C(=O)N2CCC3(CCN(C)CC3)CC2)C1=O. The molecule has 5 aliphatic rings. The summed E-state index contributed by atoms with van der Waals surface area (Å²) >= 11 is 0. The molecular formula is C50H83N7O5. The van der Waals surface area contributed by atoms with Crippen LogP contribution in [0.4, 0.5) is 0 Å². The van der Waals surface area contributed by atoms with Gasteiger partial charge in [-0.05, 0) is 131 Å². The number of piperidine rings is 3. The lowest BCUT2D eigenvalue weighted by atomic mass is 9.71. The van der Waals surface area contributed by atoms with Crippen LogP contribution in [0, 0.1) is 35.0 Å². The van der Waals surface area contributed by atoms with Crippen molar-refractivity contribution in [3.8, 4) is 5.75 Å². The van der Waals surface area contributed by atoms with Gasteiger partial charge in [0.1, 0.15) is 17.8 Å². The lowest BCUT2D eigenvalue weighted by Gasteiger charge is -2.48. The highest BCUT2D eigenvalue weighted by atomic mass is 16.5. The van der Waals surface area contributed by atoms with E-state index in [0.717, 1.165) is 76.9 Å². The monoisotopic (exact) mass is 862 g/mol. The Labute approximate surface area is 374 Å². The molecule has 1 spiro atoms. The van der Waals surface area contributed by atoms with Gasteiger partial charge in [-0.15, -0.1) is 0 Å². The summed E-state index contributed by atoms with van der Waals surface area (Å²) in [7, 11) is 2.21. The summed E-state index contributed by atoms with van der Waals surface area (Å²) in [6.45, 7) is 21.4. The molecule has 1 aromatic rings. The summed E-state index contributed by atoms with van der Waals surface area (Å²) in [5, 5.41) is 6.97. The Bertz CT molecular complexity index is 1580. The smallest absolute Gasteiger partial charge is 0.245 e. The number of amides is 4. The van der Waals surface area contributed by atoms with Gasteiger partial charge in [0.05, 0.1) is 18.7 Å². The van der Waals surface area contributed by atoms with Gasteiger partial charge < -0.3 is 39.9 Å². The fourth-order valence-corrected chi connectivity index (χ4v) is 11.0. The number of para-hydroxylation sites is 1. The van der Waals surface area contributed by atoms with Crippen molar-refractivity contribution in [1.82, 2.24) is 35.1 Å². The molecule has 0 aliphatic carbocycles. The van der Waals surface area contributed by atoms with Crippen LogP contribution < -0.4 is 15.4 Å². The van der Waals surface area contributed by atoms with E-state index in [0.29, 0.717) is 82.4 Å². The molecule has 5 saturated heterocycles. The van der Waals surface area contributed by atoms with Crippen molar-refractivity contribution < 1.29 is 23.9 Å². The van der Waals surface area contributed by atoms with E-state index in [-0.39, 0.29) is 53.5 Å². The van der Waals surface area contributed by atoms with E-state index in [4.69, 9.17) is 4.74 Å². The molecule has 0 aromatic heterocycles. The van der Waals surface area contributed by atoms with Crippen molar-refractivity contribution in [3.63, 3.8) is 0 Å². The number of nitrogens with one attached hydrogen (secondary N) is 2. The highest BCUT2D eigenvalue weighted by Crippen LogP contribution is 2.41. The van der Waals surface area contributed by atoms with Gasteiger partial charge in [0.2, 0.25) is 23.6 Å². The number of carbonyl (C=O) groups excluding carboxylic acids is 4. The van der Waals surface area contributed by atoms with E-state index in [9.17, 15) is 19.2 Å². The van der Waals surface area contributed by atoms with Gasteiger partial charge in [0, 0.05) is 52.4 Å². The minimum atomic E-state index is -0.449. The second kappa shape index (κ2) is 22.6. The number of rotatable bonds is 18. The number of benzene rings is 1. The Kier molecular flexibility index (Phi) is 17.6. The number of nitrogens with zero attached hydrogens (tertiary/aromatic N) is 5. The first-order valence-corrected chi connectivity index (χ1v) is 24.7. The predicted octanol–water partition coefficient (Wildman–Crippen LogP) is 5.90. The lowest BCUT2D eigenvalue weighted by Crippen LogP contribution is -2.62. The number of piperazine rings is 2. The molecule has 5 fully saturated rings. The van der Waals surface area contributed by atoms with Gasteiger partial charge >= 0.3 is 0 Å². The molecule has 1 aromatic carbocycles. The van der Waals surface area contributed by atoms with Crippen molar-refractivity contribution in [2.24, 2.45) is 35.0 Å². The van der Waals surface area contributed by atoms with Gasteiger partial charge in [-0.2, -0.15) is 0 Å². The molecule has 12 nitrogen and oxygen atoms in total. The molecule has 2 unspecified atom stereocenters. The maximum atomic E-state index is 14.6. The molecule has 6 rings (SSSR count). The summed E-state index contributed by atoms with van der Waals surface area (Å²) in [6.07, 6.45) is 11.0. The lowest BCUT2D eigenvalue weighted by molar-refractivity contribution is -0.151. The number of ether oxygens (including phenoxy) is 1. The van der Waals surface area contributed by atoms with Crippen LogP contribution in [0.25, 0.3) is 0 Å². The van der Waals surface area contributed by atoms with Gasteiger partial charge in [0.25, 0.3) is 0 Å². The van der Waals surface area contributed by atoms with Crippen molar-refractivity contribution in [2.45, 2.75) is 143 Å².